The Labute approximate surface area is 122 Å². The van der Waals surface area contributed by atoms with Crippen LogP contribution in [0, 0.1) is 0 Å². The molecule has 0 aromatic heterocycles. The third-order valence-electron chi connectivity index (χ3n) is 3.02. The van der Waals surface area contributed by atoms with Gasteiger partial charge >= 0.3 is 0 Å². The molecule has 0 aliphatic rings. The summed E-state index contributed by atoms with van der Waals surface area (Å²) in [6.07, 6.45) is 0. The highest BCUT2D eigenvalue weighted by molar-refractivity contribution is 9.10. The van der Waals surface area contributed by atoms with E-state index in [0.29, 0.717) is 6.61 Å². The molecule has 1 unspecified atom stereocenters. The van der Waals surface area contributed by atoms with Gasteiger partial charge in [-0.15, -0.1) is 0 Å². The lowest BCUT2D eigenvalue weighted by Gasteiger charge is -2.20. The quantitative estimate of drug-likeness (QED) is 0.893. The Morgan fingerprint density at radius 1 is 1.11 bits per heavy atom. The van der Waals surface area contributed by atoms with Crippen molar-refractivity contribution in [2.45, 2.75) is 13.0 Å². The molecule has 0 amide bonds. The first kappa shape index (κ1) is 14.1. The van der Waals surface area contributed by atoms with Crippen molar-refractivity contribution in [3.63, 3.8) is 0 Å². The minimum absolute atomic E-state index is 0.135. The molecule has 2 aromatic carbocycles. The van der Waals surface area contributed by atoms with E-state index in [-0.39, 0.29) is 6.04 Å². The first-order valence-electron chi connectivity index (χ1n) is 6.40. The van der Waals surface area contributed by atoms with Gasteiger partial charge in [0.05, 0.1) is 12.6 Å². The summed E-state index contributed by atoms with van der Waals surface area (Å²) in [5.74, 6) is 0.937. The van der Waals surface area contributed by atoms with E-state index in [9.17, 15) is 0 Å². The Morgan fingerprint density at radius 2 is 1.79 bits per heavy atom. The van der Waals surface area contributed by atoms with Crippen molar-refractivity contribution in [2.24, 2.45) is 0 Å². The number of ether oxygens (including phenoxy) is 1. The van der Waals surface area contributed by atoms with Gasteiger partial charge in [0, 0.05) is 10.0 Å². The molecule has 0 aliphatic carbocycles. The minimum Gasteiger partial charge on any atom is -0.494 e. The topological polar surface area (TPSA) is 21.3 Å². The van der Waals surface area contributed by atoms with Crippen LogP contribution in [0.5, 0.6) is 5.75 Å². The maximum atomic E-state index is 5.72. The largest absolute Gasteiger partial charge is 0.494 e. The van der Waals surface area contributed by atoms with Crippen molar-refractivity contribution in [2.75, 3.05) is 13.7 Å². The number of halogens is 1. The summed E-state index contributed by atoms with van der Waals surface area (Å²) in [7, 11) is 1.97. The zero-order valence-corrected chi connectivity index (χ0v) is 12.8. The van der Waals surface area contributed by atoms with Crippen LogP contribution in [0.2, 0.25) is 0 Å². The SMILES string of the molecule is CCOc1ccccc1C(NC)c1ccc(Br)cc1. The number of rotatable bonds is 5. The number of para-hydroxylation sites is 1. The molecule has 19 heavy (non-hydrogen) atoms. The van der Waals surface area contributed by atoms with Gasteiger partial charge < -0.3 is 10.1 Å². The zero-order chi connectivity index (χ0) is 13.7. The summed E-state index contributed by atoms with van der Waals surface area (Å²) in [6.45, 7) is 2.68. The van der Waals surface area contributed by atoms with Crippen LogP contribution in [0.4, 0.5) is 0 Å². The van der Waals surface area contributed by atoms with E-state index in [1.165, 1.54) is 5.56 Å². The normalized spacial score (nSPS) is 12.2. The molecule has 1 N–H and O–H groups in total. The first-order valence-corrected chi connectivity index (χ1v) is 7.20. The van der Waals surface area contributed by atoms with Gasteiger partial charge in [-0.1, -0.05) is 46.3 Å². The Kier molecular flexibility index (Phi) is 5.00. The molecule has 0 aliphatic heterocycles. The Morgan fingerprint density at radius 3 is 2.42 bits per heavy atom. The van der Waals surface area contributed by atoms with E-state index < -0.39 is 0 Å². The van der Waals surface area contributed by atoms with Crippen LogP contribution < -0.4 is 10.1 Å². The zero-order valence-electron chi connectivity index (χ0n) is 11.2. The molecular formula is C16H18BrNO. The Bertz CT molecular complexity index is 525. The summed E-state index contributed by atoms with van der Waals surface area (Å²) in [5, 5.41) is 3.36. The monoisotopic (exact) mass is 319 g/mol. The third-order valence-corrected chi connectivity index (χ3v) is 3.55. The van der Waals surface area contributed by atoms with Crippen LogP contribution in [-0.4, -0.2) is 13.7 Å². The number of benzene rings is 2. The fourth-order valence-corrected chi connectivity index (χ4v) is 2.43. The highest BCUT2D eigenvalue weighted by Gasteiger charge is 2.16. The fourth-order valence-electron chi connectivity index (χ4n) is 2.16. The fraction of sp³-hybridized carbons (Fsp3) is 0.250. The third kappa shape index (κ3) is 3.37. The molecule has 1 atom stereocenters. The highest BCUT2D eigenvalue weighted by atomic mass is 79.9. The smallest absolute Gasteiger partial charge is 0.124 e. The molecule has 2 rings (SSSR count). The standard InChI is InChI=1S/C16H18BrNO/c1-3-19-15-7-5-4-6-14(15)16(18-2)12-8-10-13(17)11-9-12/h4-11,16,18H,3H2,1-2H3. The van der Waals surface area contributed by atoms with Gasteiger partial charge in [-0.2, -0.15) is 0 Å². The van der Waals surface area contributed by atoms with Gasteiger partial charge in [0.25, 0.3) is 0 Å². The number of nitrogens with one attached hydrogen (secondary N) is 1. The second-order valence-corrected chi connectivity index (χ2v) is 5.16. The molecule has 3 heteroatoms. The molecule has 0 saturated heterocycles. The average molecular weight is 320 g/mol. The summed E-state index contributed by atoms with van der Waals surface area (Å²) in [6, 6.07) is 16.7. The van der Waals surface area contributed by atoms with Crippen LogP contribution in [0.1, 0.15) is 24.1 Å². The first-order chi connectivity index (χ1) is 9.26. The Hall–Kier alpha value is -1.32. The van der Waals surface area contributed by atoms with Crippen LogP contribution in [0.25, 0.3) is 0 Å². The van der Waals surface area contributed by atoms with Crippen LogP contribution in [0.15, 0.2) is 53.0 Å². The molecule has 0 saturated carbocycles. The Balaban J connectivity index is 2.39. The van der Waals surface area contributed by atoms with Gasteiger partial charge in [0.2, 0.25) is 0 Å². The van der Waals surface area contributed by atoms with E-state index in [4.69, 9.17) is 4.74 Å². The van der Waals surface area contributed by atoms with E-state index in [2.05, 4.69) is 51.6 Å². The van der Waals surface area contributed by atoms with E-state index in [1.54, 1.807) is 0 Å². The second kappa shape index (κ2) is 6.73. The second-order valence-electron chi connectivity index (χ2n) is 4.24. The van der Waals surface area contributed by atoms with Gasteiger partial charge in [0.1, 0.15) is 5.75 Å². The van der Waals surface area contributed by atoms with Gasteiger partial charge in [-0.05, 0) is 37.7 Å². The molecule has 0 spiro atoms. The summed E-state index contributed by atoms with van der Waals surface area (Å²) >= 11 is 3.47. The van der Waals surface area contributed by atoms with Crippen LogP contribution >= 0.6 is 15.9 Å². The molecule has 0 bridgehead atoms. The molecule has 0 radical (unpaired) electrons. The molecule has 0 heterocycles. The summed E-state index contributed by atoms with van der Waals surface area (Å²) in [4.78, 5) is 0. The summed E-state index contributed by atoms with van der Waals surface area (Å²) < 4.78 is 6.80. The van der Waals surface area contributed by atoms with Gasteiger partial charge in [-0.3, -0.25) is 0 Å². The van der Waals surface area contributed by atoms with Crippen molar-refractivity contribution >= 4 is 15.9 Å². The van der Waals surface area contributed by atoms with E-state index >= 15 is 0 Å². The molecular weight excluding hydrogens is 302 g/mol. The number of hydrogen-bond acceptors (Lipinski definition) is 2. The van der Waals surface area contributed by atoms with Crippen molar-refractivity contribution in [3.8, 4) is 5.75 Å². The van der Waals surface area contributed by atoms with Crippen LogP contribution in [0.3, 0.4) is 0 Å². The predicted molar refractivity (Wildman–Crippen MR) is 82.7 cm³/mol. The van der Waals surface area contributed by atoms with Crippen LogP contribution in [-0.2, 0) is 0 Å². The average Bonchev–Trinajstić information content (AvgIpc) is 2.44. The minimum atomic E-state index is 0.135. The van der Waals surface area contributed by atoms with E-state index in [1.807, 2.05) is 32.2 Å². The van der Waals surface area contributed by atoms with Crippen molar-refractivity contribution < 1.29 is 4.74 Å². The van der Waals surface area contributed by atoms with Crippen molar-refractivity contribution in [1.29, 1.82) is 0 Å². The molecule has 2 aromatic rings. The van der Waals surface area contributed by atoms with E-state index in [0.717, 1.165) is 15.8 Å². The summed E-state index contributed by atoms with van der Waals surface area (Å²) in [5.41, 5.74) is 2.38. The highest BCUT2D eigenvalue weighted by Crippen LogP contribution is 2.30. The lowest BCUT2D eigenvalue weighted by molar-refractivity contribution is 0.334. The lowest BCUT2D eigenvalue weighted by Crippen LogP contribution is -2.18. The van der Waals surface area contributed by atoms with Gasteiger partial charge in [-0.25, -0.2) is 0 Å². The molecule has 100 valence electrons. The van der Waals surface area contributed by atoms with Crippen molar-refractivity contribution in [1.82, 2.24) is 5.32 Å². The predicted octanol–water partition coefficient (Wildman–Crippen LogP) is 4.16. The van der Waals surface area contributed by atoms with Crippen molar-refractivity contribution in [3.05, 3.63) is 64.1 Å². The molecule has 0 fully saturated rings. The maximum absolute atomic E-state index is 5.72. The molecule has 2 nitrogen and oxygen atoms in total. The lowest BCUT2D eigenvalue weighted by atomic mass is 9.98. The maximum Gasteiger partial charge on any atom is 0.124 e. The number of hydrogen-bond donors (Lipinski definition) is 1. The van der Waals surface area contributed by atoms with Gasteiger partial charge in [0.15, 0.2) is 0 Å².